The molecule has 0 aliphatic carbocycles. The third-order valence-electron chi connectivity index (χ3n) is 3.58. The van der Waals surface area contributed by atoms with Gasteiger partial charge in [0.15, 0.2) is 0 Å². The summed E-state index contributed by atoms with van der Waals surface area (Å²) >= 11 is 8.32. The molecule has 0 bridgehead atoms. The van der Waals surface area contributed by atoms with Crippen molar-refractivity contribution in [2.75, 3.05) is 13.1 Å². The zero-order valence-electron chi connectivity index (χ0n) is 10.5. The number of rotatable bonds is 1. The van der Waals surface area contributed by atoms with Crippen LogP contribution in [-0.2, 0) is 0 Å². The molecule has 3 rings (SSSR count). The number of nitrogens with zero attached hydrogens (tertiary/aromatic N) is 4. The lowest BCUT2D eigenvalue weighted by molar-refractivity contribution is 0.122. The van der Waals surface area contributed by atoms with Crippen LogP contribution in [-0.4, -0.2) is 43.7 Å². The summed E-state index contributed by atoms with van der Waals surface area (Å²) in [5.74, 6) is 0. The van der Waals surface area contributed by atoms with Crippen molar-refractivity contribution in [2.45, 2.75) is 18.9 Å². The van der Waals surface area contributed by atoms with E-state index in [0.29, 0.717) is 18.2 Å². The van der Waals surface area contributed by atoms with Gasteiger partial charge in [-0.1, -0.05) is 11.6 Å². The molecule has 0 aromatic carbocycles. The molecule has 0 unspecified atom stereocenters. The van der Waals surface area contributed by atoms with Gasteiger partial charge in [-0.3, -0.25) is 0 Å². The first kappa shape index (κ1) is 13.9. The van der Waals surface area contributed by atoms with E-state index in [1.54, 1.807) is 0 Å². The van der Waals surface area contributed by atoms with Gasteiger partial charge in [0.05, 0.1) is 11.4 Å². The van der Waals surface area contributed by atoms with Crippen LogP contribution >= 0.6 is 34.2 Å². The van der Waals surface area contributed by atoms with E-state index in [1.807, 2.05) is 10.8 Å². The molecule has 1 aliphatic heterocycles. The molecule has 1 amide bonds. The van der Waals surface area contributed by atoms with Gasteiger partial charge in [0, 0.05) is 22.9 Å². The Labute approximate surface area is 133 Å². The molecule has 1 aliphatic rings. The molecule has 2 aromatic heterocycles. The number of aromatic nitrogens is 3. The maximum atomic E-state index is 11.1. The molecule has 8 heteroatoms. The van der Waals surface area contributed by atoms with Crippen LogP contribution in [0.3, 0.4) is 0 Å². The molecule has 1 fully saturated rings. The Morgan fingerprint density at radius 3 is 3.05 bits per heavy atom. The fourth-order valence-electron chi connectivity index (χ4n) is 2.64. The Balaban J connectivity index is 2.02. The third kappa shape index (κ3) is 2.32. The van der Waals surface area contributed by atoms with Crippen LogP contribution in [0.1, 0.15) is 18.9 Å². The van der Waals surface area contributed by atoms with Gasteiger partial charge in [-0.2, -0.15) is 0 Å². The zero-order valence-corrected chi connectivity index (χ0v) is 13.4. The van der Waals surface area contributed by atoms with Crippen LogP contribution in [0.5, 0.6) is 0 Å². The number of halogens is 2. The second-order valence-electron chi connectivity index (χ2n) is 4.77. The molecule has 106 valence electrons. The van der Waals surface area contributed by atoms with E-state index in [1.165, 1.54) is 11.2 Å². The summed E-state index contributed by atoms with van der Waals surface area (Å²) in [6.45, 7) is 1.08. The molecular weight excluding hydrogens is 395 g/mol. The predicted octanol–water partition coefficient (Wildman–Crippen LogP) is 3.00. The van der Waals surface area contributed by atoms with E-state index < -0.39 is 6.09 Å². The first-order valence-corrected chi connectivity index (χ1v) is 7.68. The molecule has 2 aromatic rings. The topological polar surface area (TPSA) is 71.2 Å². The number of carbonyl (C=O) groups is 1. The highest BCUT2D eigenvalue weighted by Crippen LogP contribution is 2.31. The van der Waals surface area contributed by atoms with Crippen molar-refractivity contribution in [2.24, 2.45) is 0 Å². The molecule has 1 saturated heterocycles. The highest BCUT2D eigenvalue weighted by Gasteiger charge is 2.26. The van der Waals surface area contributed by atoms with Crippen molar-refractivity contribution in [3.05, 3.63) is 21.2 Å². The number of fused-ring (bicyclic) bond motifs is 1. The van der Waals surface area contributed by atoms with Crippen LogP contribution in [0.15, 0.2) is 12.5 Å². The molecule has 3 heterocycles. The van der Waals surface area contributed by atoms with Crippen molar-refractivity contribution >= 4 is 51.3 Å². The van der Waals surface area contributed by atoms with E-state index in [0.717, 1.165) is 27.4 Å². The first-order chi connectivity index (χ1) is 9.58. The lowest BCUT2D eigenvalue weighted by Gasteiger charge is -2.31. The molecule has 0 spiro atoms. The maximum Gasteiger partial charge on any atom is 0.407 e. The normalized spacial score (nSPS) is 19.5. The van der Waals surface area contributed by atoms with Crippen LogP contribution < -0.4 is 0 Å². The van der Waals surface area contributed by atoms with E-state index in [-0.39, 0.29) is 6.04 Å². The van der Waals surface area contributed by atoms with Crippen molar-refractivity contribution in [1.82, 2.24) is 19.4 Å². The lowest BCUT2D eigenvalue weighted by Crippen LogP contribution is -2.39. The Kier molecular flexibility index (Phi) is 3.72. The summed E-state index contributed by atoms with van der Waals surface area (Å²) in [4.78, 5) is 20.9. The number of piperidine rings is 1. The minimum atomic E-state index is -0.867. The second kappa shape index (κ2) is 5.36. The van der Waals surface area contributed by atoms with Gasteiger partial charge in [-0.25, -0.2) is 14.8 Å². The fraction of sp³-hybridized carbons (Fsp3) is 0.417. The summed E-state index contributed by atoms with van der Waals surface area (Å²) in [5, 5.41) is 10.4. The maximum absolute atomic E-state index is 11.1. The Bertz CT molecular complexity index is 675. The highest BCUT2D eigenvalue weighted by molar-refractivity contribution is 14.1. The van der Waals surface area contributed by atoms with Gasteiger partial charge in [-0.05, 0) is 35.4 Å². The lowest BCUT2D eigenvalue weighted by atomic mass is 10.1. The van der Waals surface area contributed by atoms with Gasteiger partial charge >= 0.3 is 6.09 Å². The van der Waals surface area contributed by atoms with E-state index >= 15 is 0 Å². The summed E-state index contributed by atoms with van der Waals surface area (Å²) in [7, 11) is 0. The van der Waals surface area contributed by atoms with Crippen molar-refractivity contribution in [3.8, 4) is 0 Å². The minimum Gasteiger partial charge on any atom is -0.465 e. The van der Waals surface area contributed by atoms with Crippen molar-refractivity contribution < 1.29 is 9.90 Å². The van der Waals surface area contributed by atoms with Crippen LogP contribution in [0.2, 0.25) is 5.15 Å². The van der Waals surface area contributed by atoms with Crippen molar-refractivity contribution in [1.29, 1.82) is 0 Å². The quantitative estimate of drug-likeness (QED) is 0.584. The minimum absolute atomic E-state index is 0.0943. The van der Waals surface area contributed by atoms with Crippen molar-refractivity contribution in [3.63, 3.8) is 0 Å². The molecular formula is C12H12ClIN4O2. The van der Waals surface area contributed by atoms with Gasteiger partial charge in [-0.15, -0.1) is 0 Å². The molecule has 20 heavy (non-hydrogen) atoms. The molecule has 6 nitrogen and oxygen atoms in total. The Morgan fingerprint density at radius 2 is 2.30 bits per heavy atom. The average Bonchev–Trinajstić information content (AvgIpc) is 2.78. The van der Waals surface area contributed by atoms with Crippen LogP contribution in [0, 0.1) is 3.57 Å². The second-order valence-corrected chi connectivity index (χ2v) is 6.29. The van der Waals surface area contributed by atoms with E-state index in [2.05, 4.69) is 32.6 Å². The summed E-state index contributed by atoms with van der Waals surface area (Å²) in [5.41, 5.74) is 0.770. The summed E-state index contributed by atoms with van der Waals surface area (Å²) < 4.78 is 3.01. The zero-order chi connectivity index (χ0) is 14.3. The monoisotopic (exact) mass is 406 g/mol. The van der Waals surface area contributed by atoms with Crippen LogP contribution in [0.25, 0.3) is 11.0 Å². The molecule has 1 N–H and O–H groups in total. The van der Waals surface area contributed by atoms with Gasteiger partial charge < -0.3 is 14.6 Å². The summed E-state index contributed by atoms with van der Waals surface area (Å²) in [6.07, 6.45) is 4.34. The highest BCUT2D eigenvalue weighted by atomic mass is 127. The first-order valence-electron chi connectivity index (χ1n) is 6.22. The predicted molar refractivity (Wildman–Crippen MR) is 83.1 cm³/mol. The number of hydrogen-bond donors (Lipinski definition) is 1. The van der Waals surface area contributed by atoms with E-state index in [9.17, 15) is 4.79 Å². The van der Waals surface area contributed by atoms with Gasteiger partial charge in [0.25, 0.3) is 0 Å². The molecule has 0 saturated carbocycles. The molecule has 1 atom stereocenters. The van der Waals surface area contributed by atoms with E-state index in [4.69, 9.17) is 16.7 Å². The van der Waals surface area contributed by atoms with Gasteiger partial charge in [0.2, 0.25) is 0 Å². The SMILES string of the molecule is O=C(O)N1CCC[C@@H](n2cc(I)c3c(Cl)ncnc32)C1. The smallest absolute Gasteiger partial charge is 0.407 e. The molecule has 0 radical (unpaired) electrons. The standard InChI is InChI=1S/C12H12ClIN4O2/c13-10-9-8(14)5-18(11(9)16-6-15-10)7-2-1-3-17(4-7)12(19)20/h5-7H,1-4H2,(H,19,20)/t7-/m1/s1. The third-order valence-corrected chi connectivity index (χ3v) is 4.68. The fourth-order valence-corrected chi connectivity index (χ4v) is 3.82. The van der Waals surface area contributed by atoms with Gasteiger partial charge in [0.1, 0.15) is 17.1 Å². The Morgan fingerprint density at radius 1 is 1.50 bits per heavy atom. The summed E-state index contributed by atoms with van der Waals surface area (Å²) in [6, 6.07) is 0.0943. The number of likely N-dealkylation sites (tertiary alicyclic amines) is 1. The average molecular weight is 407 g/mol. The number of amides is 1. The Hall–Kier alpha value is -1.09. The number of carboxylic acid groups (broad SMARTS) is 1. The largest absolute Gasteiger partial charge is 0.465 e. The van der Waals surface area contributed by atoms with Crippen LogP contribution in [0.4, 0.5) is 4.79 Å². The number of hydrogen-bond acceptors (Lipinski definition) is 3.